The summed E-state index contributed by atoms with van der Waals surface area (Å²) in [4.78, 5) is 30.6. The van der Waals surface area contributed by atoms with Gasteiger partial charge >= 0.3 is 5.97 Å². The molecule has 1 N–H and O–H groups in total. The largest absolute Gasteiger partial charge is 0.489 e. The quantitative estimate of drug-likeness (QED) is 0.158. The molecular weight excluding hydrogens is 652 g/mol. The molecule has 1 aliphatic rings. The zero-order valence-electron chi connectivity index (χ0n) is 26.9. The first-order valence-corrected chi connectivity index (χ1v) is 16.5. The van der Waals surface area contributed by atoms with Gasteiger partial charge in [0.15, 0.2) is 0 Å². The lowest BCUT2D eigenvalue weighted by Gasteiger charge is -2.26. The van der Waals surface area contributed by atoms with Crippen molar-refractivity contribution in [2.45, 2.75) is 65.0 Å². The highest BCUT2D eigenvalue weighted by atomic mass is 35.5. The molecule has 1 saturated carbocycles. The Bertz CT molecular complexity index is 1940. The van der Waals surface area contributed by atoms with Crippen LogP contribution >= 0.6 is 24.0 Å². The highest BCUT2D eigenvalue weighted by Crippen LogP contribution is 2.38. The predicted molar refractivity (Wildman–Crippen MR) is 191 cm³/mol. The number of aromatic carboxylic acids is 1. The minimum absolute atomic E-state index is 0. The van der Waals surface area contributed by atoms with E-state index in [1.165, 1.54) is 6.07 Å². The molecule has 0 aliphatic heterocycles. The van der Waals surface area contributed by atoms with Crippen LogP contribution in [-0.4, -0.2) is 33.1 Å². The van der Waals surface area contributed by atoms with Crippen molar-refractivity contribution in [2.24, 2.45) is 0 Å². The summed E-state index contributed by atoms with van der Waals surface area (Å²) in [5.74, 6) is -0.724. The van der Waals surface area contributed by atoms with Gasteiger partial charge in [-0.15, -0.1) is 12.4 Å². The lowest BCUT2D eigenvalue weighted by Crippen LogP contribution is -2.29. The molecule has 1 heterocycles. The highest BCUT2D eigenvalue weighted by Gasteiger charge is 2.25. The Balaban J connectivity index is 0.00000451. The lowest BCUT2D eigenvalue weighted by atomic mass is 9.94. The second kappa shape index (κ2) is 15.2. The average molecular weight is 691 g/mol. The van der Waals surface area contributed by atoms with Gasteiger partial charge in [-0.1, -0.05) is 56.0 Å². The van der Waals surface area contributed by atoms with E-state index in [4.69, 9.17) is 21.3 Å². The van der Waals surface area contributed by atoms with Crippen LogP contribution in [0.5, 0.6) is 5.75 Å². The molecule has 0 radical (unpaired) electrons. The summed E-state index contributed by atoms with van der Waals surface area (Å²) in [5, 5.41) is 10.2. The number of hydrogen-bond acceptors (Lipinski definition) is 4. The summed E-state index contributed by atoms with van der Waals surface area (Å²) >= 11 is 6.15. The Morgan fingerprint density at radius 3 is 2.38 bits per heavy atom. The number of hydrogen-bond donors (Lipinski definition) is 1. The number of aromatic nitrogens is 2. The number of carboxylic acids is 1. The molecule has 7 nitrogen and oxygen atoms in total. The number of benzene rings is 4. The number of anilines is 1. The molecule has 0 spiro atoms. The molecule has 1 fully saturated rings. The van der Waals surface area contributed by atoms with E-state index in [1.54, 1.807) is 42.2 Å². The molecule has 0 unspecified atom stereocenters. The maximum Gasteiger partial charge on any atom is 0.335 e. The van der Waals surface area contributed by atoms with Crippen molar-refractivity contribution in [1.82, 2.24) is 9.55 Å². The SMILES string of the molecule is CCCN(C(C)=O)c1ccc(-c2ccc(Cl)cc2)c(COc2ccc(-c3nc4cc(C(=O)O)ccc4n3C3CCCCC3)c(F)c2)c1.Cl. The van der Waals surface area contributed by atoms with E-state index >= 15 is 4.39 Å². The molecule has 0 bridgehead atoms. The third-order valence-electron chi connectivity index (χ3n) is 8.84. The van der Waals surface area contributed by atoms with Crippen LogP contribution in [0.25, 0.3) is 33.5 Å². The fourth-order valence-electron chi connectivity index (χ4n) is 6.53. The Morgan fingerprint density at radius 1 is 0.979 bits per heavy atom. The molecule has 1 amide bonds. The van der Waals surface area contributed by atoms with Crippen LogP contribution in [0, 0.1) is 5.82 Å². The number of carboxylic acid groups (broad SMARTS) is 1. The number of ether oxygens (including phenoxy) is 1. The molecule has 1 aliphatic carbocycles. The molecule has 250 valence electrons. The topological polar surface area (TPSA) is 84.7 Å². The van der Waals surface area contributed by atoms with Crippen molar-refractivity contribution in [3.05, 3.63) is 101 Å². The van der Waals surface area contributed by atoms with Crippen LogP contribution in [0.3, 0.4) is 0 Å². The number of amides is 1. The first-order chi connectivity index (χ1) is 22.7. The molecule has 6 rings (SSSR count). The molecule has 0 saturated heterocycles. The fourth-order valence-corrected chi connectivity index (χ4v) is 6.66. The molecule has 4 aromatic carbocycles. The summed E-state index contributed by atoms with van der Waals surface area (Å²) in [6.45, 7) is 4.31. The van der Waals surface area contributed by atoms with E-state index in [2.05, 4.69) is 4.57 Å². The van der Waals surface area contributed by atoms with Crippen LogP contribution in [0.4, 0.5) is 10.1 Å². The van der Waals surface area contributed by atoms with E-state index in [-0.39, 0.29) is 36.5 Å². The molecule has 1 aromatic heterocycles. The van der Waals surface area contributed by atoms with Gasteiger partial charge in [-0.2, -0.15) is 0 Å². The van der Waals surface area contributed by atoms with Crippen LogP contribution in [0.1, 0.15) is 74.3 Å². The smallest absolute Gasteiger partial charge is 0.335 e. The van der Waals surface area contributed by atoms with Crippen LogP contribution in [-0.2, 0) is 11.4 Å². The third-order valence-corrected chi connectivity index (χ3v) is 9.09. The van der Waals surface area contributed by atoms with Gasteiger partial charge in [0.2, 0.25) is 5.91 Å². The fraction of sp³-hybridized carbons (Fsp3) is 0.289. The van der Waals surface area contributed by atoms with E-state index in [9.17, 15) is 14.7 Å². The number of rotatable bonds is 10. The Morgan fingerprint density at radius 2 is 1.71 bits per heavy atom. The van der Waals surface area contributed by atoms with Gasteiger partial charge < -0.3 is 19.3 Å². The number of imidazole rings is 1. The Hall–Kier alpha value is -4.40. The van der Waals surface area contributed by atoms with Crippen molar-refractivity contribution in [3.63, 3.8) is 0 Å². The summed E-state index contributed by atoms with van der Waals surface area (Å²) in [6.07, 6.45) is 6.04. The van der Waals surface area contributed by atoms with Gasteiger partial charge in [-0.05, 0) is 90.6 Å². The van der Waals surface area contributed by atoms with Gasteiger partial charge in [0.1, 0.15) is 24.0 Å². The van der Waals surface area contributed by atoms with Crippen molar-refractivity contribution < 1.29 is 23.8 Å². The van der Waals surface area contributed by atoms with Crippen molar-refractivity contribution >= 4 is 52.6 Å². The maximum atomic E-state index is 16.0. The zero-order chi connectivity index (χ0) is 33.1. The normalized spacial score (nSPS) is 13.2. The summed E-state index contributed by atoms with van der Waals surface area (Å²) in [7, 11) is 0. The molecule has 48 heavy (non-hydrogen) atoms. The number of halogens is 3. The first kappa shape index (κ1) is 34.9. The number of carbonyl (C=O) groups excluding carboxylic acids is 1. The molecule has 10 heteroatoms. The molecule has 5 aromatic rings. The summed E-state index contributed by atoms with van der Waals surface area (Å²) in [5.41, 5.74) is 5.27. The van der Waals surface area contributed by atoms with E-state index in [1.807, 2.05) is 49.4 Å². The van der Waals surface area contributed by atoms with Gasteiger partial charge in [0, 0.05) is 36.3 Å². The van der Waals surface area contributed by atoms with Crippen molar-refractivity contribution in [1.29, 1.82) is 0 Å². The van der Waals surface area contributed by atoms with Crippen molar-refractivity contribution in [3.8, 4) is 28.3 Å². The van der Waals surface area contributed by atoms with Crippen LogP contribution < -0.4 is 9.64 Å². The zero-order valence-corrected chi connectivity index (χ0v) is 28.5. The summed E-state index contributed by atoms with van der Waals surface area (Å²) < 4.78 is 24.3. The highest BCUT2D eigenvalue weighted by molar-refractivity contribution is 6.30. The van der Waals surface area contributed by atoms with Crippen molar-refractivity contribution in [2.75, 3.05) is 11.4 Å². The third kappa shape index (κ3) is 7.35. The minimum Gasteiger partial charge on any atom is -0.489 e. The van der Waals surface area contributed by atoms with E-state index in [0.29, 0.717) is 34.2 Å². The Labute approximate surface area is 290 Å². The second-order valence-corrected chi connectivity index (χ2v) is 12.5. The first-order valence-electron chi connectivity index (χ1n) is 16.1. The van der Waals surface area contributed by atoms with Crippen LogP contribution in [0.2, 0.25) is 5.02 Å². The van der Waals surface area contributed by atoms with Gasteiger partial charge in [0.25, 0.3) is 0 Å². The monoisotopic (exact) mass is 689 g/mol. The van der Waals surface area contributed by atoms with Gasteiger partial charge in [-0.25, -0.2) is 14.2 Å². The molecule has 0 atom stereocenters. The van der Waals surface area contributed by atoms with Crippen LogP contribution in [0.15, 0.2) is 78.9 Å². The average Bonchev–Trinajstić information content (AvgIpc) is 3.45. The number of fused-ring (bicyclic) bond motifs is 1. The molecular formula is C38H38Cl2FN3O4. The van der Waals surface area contributed by atoms with E-state index < -0.39 is 11.8 Å². The maximum absolute atomic E-state index is 16.0. The van der Waals surface area contributed by atoms with E-state index in [0.717, 1.165) is 66.4 Å². The second-order valence-electron chi connectivity index (χ2n) is 12.1. The summed E-state index contributed by atoms with van der Waals surface area (Å²) in [6, 6.07) is 23.2. The van der Waals surface area contributed by atoms with Gasteiger partial charge in [0.05, 0.1) is 22.2 Å². The number of nitrogens with zero attached hydrogens (tertiary/aromatic N) is 3. The standard InChI is InChI=1S/C38H37ClFN3O4.ClH/c1-3-19-42(24(2)44)30-14-16-32(25-9-12-28(39)13-10-25)27(20-30)23-47-31-15-17-33(34(40)22-31)37-41-35-21-26(38(45)46)11-18-36(35)43(37)29-7-5-4-6-8-29;/h9-18,20-22,29H,3-8,19,23H2,1-2H3,(H,45,46);1H. The predicted octanol–water partition coefficient (Wildman–Crippen LogP) is 10.1. The lowest BCUT2D eigenvalue weighted by molar-refractivity contribution is -0.116. The Kier molecular flexibility index (Phi) is 11.1. The minimum atomic E-state index is -1.03. The number of carbonyl (C=O) groups is 2. The van der Waals surface area contributed by atoms with Gasteiger partial charge in [-0.3, -0.25) is 4.79 Å².